The van der Waals surface area contributed by atoms with Crippen LogP contribution in [-0.2, 0) is 7.05 Å². The summed E-state index contributed by atoms with van der Waals surface area (Å²) in [5.41, 5.74) is 6.78. The first kappa shape index (κ1) is 26.8. The average molecular weight is 557 g/mol. The molecule has 1 N–H and O–H groups in total. The molecule has 4 aromatic rings. The van der Waals surface area contributed by atoms with Crippen molar-refractivity contribution in [3.63, 3.8) is 0 Å². The maximum absolute atomic E-state index is 13.3. The van der Waals surface area contributed by atoms with Gasteiger partial charge in [0, 0.05) is 74.2 Å². The zero-order valence-corrected chi connectivity index (χ0v) is 24.3. The number of nitrogens with one attached hydrogen (secondary N) is 1. The highest BCUT2D eigenvalue weighted by Gasteiger charge is 2.24. The molecule has 0 bridgehead atoms. The maximum atomic E-state index is 13.3. The van der Waals surface area contributed by atoms with Crippen molar-refractivity contribution in [1.82, 2.24) is 24.7 Å². The van der Waals surface area contributed by atoms with Crippen LogP contribution in [0.5, 0.6) is 0 Å². The number of rotatable bonds is 5. The first-order valence-corrected chi connectivity index (χ1v) is 14.5. The first-order chi connectivity index (χ1) is 19.4. The Bertz CT molecular complexity index is 1520. The molecule has 2 fully saturated rings. The van der Waals surface area contributed by atoms with Crippen molar-refractivity contribution < 1.29 is 4.79 Å². The van der Waals surface area contributed by atoms with Crippen molar-refractivity contribution in [1.29, 1.82) is 0 Å². The number of aromatic nitrogens is 2. The lowest BCUT2D eigenvalue weighted by atomic mass is 9.96. The Labute approximate surface area is 241 Å². The molecule has 0 radical (unpaired) electrons. The third-order valence-corrected chi connectivity index (χ3v) is 8.72. The number of hydrogen-bond acceptors (Lipinski definition) is 5. The van der Waals surface area contributed by atoms with E-state index in [9.17, 15) is 4.79 Å². The number of likely N-dealkylation sites (tertiary alicyclic amines) is 1. The molecule has 4 heterocycles. The number of amides is 1. The summed E-state index contributed by atoms with van der Waals surface area (Å²) < 4.78 is 2.12. The minimum absolute atomic E-state index is 0.0373. The Hall–Kier alpha value is -3.39. The summed E-state index contributed by atoms with van der Waals surface area (Å²) in [6.07, 6.45) is 3.86. The number of nitrogens with zero attached hydrogens (tertiary/aromatic N) is 5. The molecule has 7 nitrogen and oxygen atoms in total. The number of benzene rings is 2. The smallest absolute Gasteiger partial charge is 0.251 e. The third kappa shape index (κ3) is 5.21. The Morgan fingerprint density at radius 3 is 2.45 bits per heavy atom. The molecule has 6 rings (SSSR count). The molecule has 8 heteroatoms. The van der Waals surface area contributed by atoms with E-state index in [1.54, 1.807) is 6.20 Å². The standard InChI is InChI=1S/C32H37ClN6O/c1-36-16-18-39(19-17-36)26-11-9-22(10-12-26)30-28(29-27(33)13-14-34-31(29)38(30)3)23-6-4-7-24(20-23)32(40)35-25-8-5-15-37(2)21-25/h4,6-7,9-14,20,25H,5,8,15-19,21H2,1-3H3,(H,35,40). The lowest BCUT2D eigenvalue weighted by Crippen LogP contribution is -2.46. The summed E-state index contributed by atoms with van der Waals surface area (Å²) in [5, 5.41) is 4.80. The van der Waals surface area contributed by atoms with E-state index in [-0.39, 0.29) is 11.9 Å². The summed E-state index contributed by atoms with van der Waals surface area (Å²) in [5.74, 6) is -0.0373. The van der Waals surface area contributed by atoms with Gasteiger partial charge in [-0.2, -0.15) is 0 Å². The minimum atomic E-state index is -0.0373. The molecule has 0 saturated carbocycles. The number of hydrogen-bond donors (Lipinski definition) is 1. The summed E-state index contributed by atoms with van der Waals surface area (Å²) in [6, 6.07) is 18.7. The second-order valence-corrected chi connectivity index (χ2v) is 11.7. The number of likely N-dealkylation sites (N-methyl/N-ethyl adjacent to an activating group) is 2. The van der Waals surface area contributed by atoms with Gasteiger partial charge in [-0.05, 0) is 74.9 Å². The largest absolute Gasteiger partial charge is 0.369 e. The van der Waals surface area contributed by atoms with E-state index < -0.39 is 0 Å². The van der Waals surface area contributed by atoms with Crippen molar-refractivity contribution in [3.8, 4) is 22.4 Å². The fourth-order valence-electron chi connectivity index (χ4n) is 6.19. The van der Waals surface area contributed by atoms with Crippen molar-refractivity contribution >= 4 is 34.2 Å². The number of piperidine rings is 1. The second kappa shape index (κ2) is 11.2. The minimum Gasteiger partial charge on any atom is -0.369 e. The average Bonchev–Trinajstić information content (AvgIpc) is 3.27. The predicted octanol–water partition coefficient (Wildman–Crippen LogP) is 5.14. The Morgan fingerprint density at radius 2 is 1.70 bits per heavy atom. The van der Waals surface area contributed by atoms with Crippen LogP contribution in [0.2, 0.25) is 5.02 Å². The Kier molecular flexibility index (Phi) is 7.53. The normalized spacial score (nSPS) is 18.8. The van der Waals surface area contributed by atoms with E-state index in [4.69, 9.17) is 16.6 Å². The number of fused-ring (bicyclic) bond motifs is 1. The summed E-state index contributed by atoms with van der Waals surface area (Å²) in [4.78, 5) is 25.1. The van der Waals surface area contributed by atoms with E-state index in [2.05, 4.69) is 69.0 Å². The number of carbonyl (C=O) groups is 1. The Morgan fingerprint density at radius 1 is 0.925 bits per heavy atom. The molecule has 2 aliphatic heterocycles. The van der Waals surface area contributed by atoms with Crippen molar-refractivity contribution in [3.05, 3.63) is 71.4 Å². The van der Waals surface area contributed by atoms with Crippen LogP contribution >= 0.6 is 11.6 Å². The van der Waals surface area contributed by atoms with Crippen LogP contribution in [0.15, 0.2) is 60.8 Å². The topological polar surface area (TPSA) is 56.6 Å². The molecule has 40 heavy (non-hydrogen) atoms. The van der Waals surface area contributed by atoms with E-state index in [0.29, 0.717) is 10.6 Å². The number of halogens is 1. The van der Waals surface area contributed by atoms with Crippen LogP contribution in [0, 0.1) is 0 Å². The number of piperazine rings is 1. The van der Waals surface area contributed by atoms with Crippen LogP contribution in [-0.4, -0.2) is 84.7 Å². The third-order valence-electron chi connectivity index (χ3n) is 8.40. The molecule has 2 aromatic heterocycles. The molecular formula is C32H37ClN6O. The van der Waals surface area contributed by atoms with Crippen LogP contribution < -0.4 is 10.2 Å². The van der Waals surface area contributed by atoms with Crippen LogP contribution in [0.1, 0.15) is 23.2 Å². The van der Waals surface area contributed by atoms with Crippen LogP contribution in [0.4, 0.5) is 5.69 Å². The second-order valence-electron chi connectivity index (χ2n) is 11.3. The van der Waals surface area contributed by atoms with Gasteiger partial charge in [0.15, 0.2) is 0 Å². The summed E-state index contributed by atoms with van der Waals surface area (Å²) in [7, 11) is 6.32. The van der Waals surface area contributed by atoms with Crippen LogP contribution in [0.25, 0.3) is 33.4 Å². The quantitative estimate of drug-likeness (QED) is 0.369. The van der Waals surface area contributed by atoms with Gasteiger partial charge in [-0.15, -0.1) is 0 Å². The fraction of sp³-hybridized carbons (Fsp3) is 0.375. The van der Waals surface area contributed by atoms with E-state index in [1.807, 2.05) is 31.3 Å². The molecule has 0 spiro atoms. The molecule has 1 amide bonds. The monoisotopic (exact) mass is 556 g/mol. The van der Waals surface area contributed by atoms with Gasteiger partial charge >= 0.3 is 0 Å². The lowest BCUT2D eigenvalue weighted by molar-refractivity contribution is 0.0912. The highest BCUT2D eigenvalue weighted by molar-refractivity contribution is 6.37. The molecule has 2 aromatic carbocycles. The van der Waals surface area contributed by atoms with Crippen molar-refractivity contribution in [2.45, 2.75) is 18.9 Å². The highest BCUT2D eigenvalue weighted by Crippen LogP contribution is 2.43. The van der Waals surface area contributed by atoms with E-state index in [0.717, 1.165) is 85.5 Å². The molecule has 0 aliphatic carbocycles. The molecule has 1 unspecified atom stereocenters. The SMILES string of the molecule is CN1CCN(c2ccc(-c3c(-c4cccc(C(=O)NC5CCCN(C)C5)c4)c4c(Cl)ccnc4n3C)cc2)CC1. The lowest BCUT2D eigenvalue weighted by Gasteiger charge is -2.34. The van der Waals surface area contributed by atoms with Gasteiger partial charge in [0.25, 0.3) is 5.91 Å². The van der Waals surface area contributed by atoms with Crippen molar-refractivity contribution in [2.24, 2.45) is 7.05 Å². The summed E-state index contributed by atoms with van der Waals surface area (Å²) >= 11 is 6.82. The van der Waals surface area contributed by atoms with Gasteiger partial charge in [-0.3, -0.25) is 4.79 Å². The number of anilines is 1. The summed E-state index contributed by atoms with van der Waals surface area (Å²) in [6.45, 7) is 6.16. The molecule has 2 aliphatic rings. The fourth-order valence-corrected chi connectivity index (χ4v) is 6.42. The number of aryl methyl sites for hydroxylation is 1. The number of pyridine rings is 1. The van der Waals surface area contributed by atoms with Gasteiger partial charge in [-0.1, -0.05) is 35.9 Å². The van der Waals surface area contributed by atoms with Crippen molar-refractivity contribution in [2.75, 3.05) is 58.3 Å². The van der Waals surface area contributed by atoms with Gasteiger partial charge in [0.1, 0.15) is 5.65 Å². The highest BCUT2D eigenvalue weighted by atomic mass is 35.5. The van der Waals surface area contributed by atoms with E-state index in [1.165, 1.54) is 5.69 Å². The van der Waals surface area contributed by atoms with Gasteiger partial charge in [0.05, 0.1) is 10.7 Å². The number of carbonyl (C=O) groups excluding carboxylic acids is 1. The molecule has 2 saturated heterocycles. The Balaban J connectivity index is 1.39. The van der Waals surface area contributed by atoms with Gasteiger partial charge in [-0.25, -0.2) is 4.98 Å². The predicted molar refractivity (Wildman–Crippen MR) is 164 cm³/mol. The zero-order valence-electron chi connectivity index (χ0n) is 23.5. The van der Waals surface area contributed by atoms with Crippen LogP contribution in [0.3, 0.4) is 0 Å². The molecule has 1 atom stereocenters. The molecular weight excluding hydrogens is 520 g/mol. The molecule has 208 valence electrons. The van der Waals surface area contributed by atoms with E-state index >= 15 is 0 Å². The first-order valence-electron chi connectivity index (χ1n) is 14.2. The maximum Gasteiger partial charge on any atom is 0.251 e. The zero-order chi connectivity index (χ0) is 27.8. The van der Waals surface area contributed by atoms with Gasteiger partial charge in [0.2, 0.25) is 0 Å². The van der Waals surface area contributed by atoms with Gasteiger partial charge < -0.3 is 24.6 Å².